The standard InChI is InChI=1S/C13H18O2.C12H16O2/c1-13(2,3)9-10-5-7-11(8-6-10)12(14)15-4;1-12(2,3)8-9-4-6-10(7-5-9)11(13)14/h5-8H,9H2,1-4H3;4-7H,8H2,1-3H3,(H,13,14). The van der Waals surface area contributed by atoms with Gasteiger partial charge in [-0.15, -0.1) is 0 Å². The van der Waals surface area contributed by atoms with Crippen LogP contribution in [0.3, 0.4) is 0 Å². The van der Waals surface area contributed by atoms with Crippen LogP contribution in [0, 0.1) is 10.8 Å². The second-order valence-electron chi connectivity index (χ2n) is 9.67. The predicted octanol–water partition coefficient (Wildman–Crippen LogP) is 6.04. The van der Waals surface area contributed by atoms with Gasteiger partial charge in [0.2, 0.25) is 0 Å². The molecule has 2 aromatic rings. The van der Waals surface area contributed by atoms with Crippen molar-refractivity contribution in [3.8, 4) is 0 Å². The van der Waals surface area contributed by atoms with E-state index in [1.165, 1.54) is 18.2 Å². The number of aromatic carboxylic acids is 1. The molecule has 0 amide bonds. The van der Waals surface area contributed by atoms with E-state index >= 15 is 0 Å². The third-order valence-electron chi connectivity index (χ3n) is 4.04. The van der Waals surface area contributed by atoms with Gasteiger partial charge in [0, 0.05) is 0 Å². The van der Waals surface area contributed by atoms with Gasteiger partial charge in [0.15, 0.2) is 0 Å². The monoisotopic (exact) mass is 398 g/mol. The highest BCUT2D eigenvalue weighted by Gasteiger charge is 2.12. The average molecular weight is 399 g/mol. The number of carboxylic acid groups (broad SMARTS) is 1. The first-order chi connectivity index (χ1) is 13.3. The van der Waals surface area contributed by atoms with Gasteiger partial charge in [-0.25, -0.2) is 9.59 Å². The van der Waals surface area contributed by atoms with Gasteiger partial charge in [-0.05, 0) is 59.1 Å². The number of hydrogen-bond donors (Lipinski definition) is 1. The molecule has 158 valence electrons. The Balaban J connectivity index is 0.000000291. The molecule has 4 nitrogen and oxygen atoms in total. The predicted molar refractivity (Wildman–Crippen MR) is 118 cm³/mol. The second-order valence-corrected chi connectivity index (χ2v) is 9.67. The number of esters is 1. The maximum atomic E-state index is 11.2. The van der Waals surface area contributed by atoms with Crippen molar-refractivity contribution in [1.82, 2.24) is 0 Å². The van der Waals surface area contributed by atoms with Crippen molar-refractivity contribution in [2.75, 3.05) is 7.11 Å². The summed E-state index contributed by atoms with van der Waals surface area (Å²) in [5.41, 5.74) is 3.90. The molecular weight excluding hydrogens is 364 g/mol. The molecule has 0 saturated heterocycles. The Hall–Kier alpha value is -2.62. The maximum absolute atomic E-state index is 11.2. The van der Waals surface area contributed by atoms with Gasteiger partial charge in [-0.2, -0.15) is 0 Å². The van der Waals surface area contributed by atoms with E-state index in [2.05, 4.69) is 46.3 Å². The third kappa shape index (κ3) is 9.93. The van der Waals surface area contributed by atoms with E-state index in [0.29, 0.717) is 11.1 Å². The zero-order valence-electron chi connectivity index (χ0n) is 18.7. The molecule has 0 aliphatic carbocycles. The quantitative estimate of drug-likeness (QED) is 0.638. The van der Waals surface area contributed by atoms with E-state index < -0.39 is 5.97 Å². The van der Waals surface area contributed by atoms with Crippen LogP contribution in [0.5, 0.6) is 0 Å². The zero-order valence-corrected chi connectivity index (χ0v) is 18.7. The second kappa shape index (κ2) is 10.2. The summed E-state index contributed by atoms with van der Waals surface area (Å²) >= 11 is 0. The summed E-state index contributed by atoms with van der Waals surface area (Å²) in [7, 11) is 1.39. The van der Waals surface area contributed by atoms with Crippen LogP contribution in [0.4, 0.5) is 0 Å². The molecule has 2 rings (SSSR count). The maximum Gasteiger partial charge on any atom is 0.337 e. The lowest BCUT2D eigenvalue weighted by Crippen LogP contribution is -2.09. The molecule has 0 aromatic heterocycles. The summed E-state index contributed by atoms with van der Waals surface area (Å²) in [6.45, 7) is 13.1. The van der Waals surface area contributed by atoms with Crippen molar-refractivity contribution in [2.24, 2.45) is 10.8 Å². The number of methoxy groups -OCH3 is 1. The number of carbonyl (C=O) groups is 2. The summed E-state index contributed by atoms with van der Waals surface area (Å²) in [6, 6.07) is 14.7. The lowest BCUT2D eigenvalue weighted by atomic mass is 9.88. The number of benzene rings is 2. The first kappa shape index (κ1) is 24.4. The van der Waals surface area contributed by atoms with Crippen LogP contribution in [-0.2, 0) is 17.6 Å². The van der Waals surface area contributed by atoms with Gasteiger partial charge in [-0.3, -0.25) is 0 Å². The van der Waals surface area contributed by atoms with Crippen LogP contribution < -0.4 is 0 Å². The van der Waals surface area contributed by atoms with Gasteiger partial charge in [-0.1, -0.05) is 65.8 Å². The minimum absolute atomic E-state index is 0.241. The molecule has 4 heteroatoms. The lowest BCUT2D eigenvalue weighted by molar-refractivity contribution is 0.0599. The highest BCUT2D eigenvalue weighted by atomic mass is 16.5. The summed E-state index contributed by atoms with van der Waals surface area (Å²) in [5.74, 6) is -1.15. The normalized spacial score (nSPS) is 11.3. The minimum Gasteiger partial charge on any atom is -0.478 e. The zero-order chi connectivity index (χ0) is 22.2. The average Bonchev–Trinajstić information content (AvgIpc) is 2.60. The van der Waals surface area contributed by atoms with Crippen LogP contribution in [0.2, 0.25) is 0 Å². The van der Waals surface area contributed by atoms with Crippen molar-refractivity contribution in [2.45, 2.75) is 54.4 Å². The number of carbonyl (C=O) groups excluding carboxylic acids is 1. The fraction of sp³-hybridized carbons (Fsp3) is 0.440. The molecule has 0 aliphatic rings. The molecule has 29 heavy (non-hydrogen) atoms. The number of carboxylic acids is 1. The molecule has 0 bridgehead atoms. The Bertz CT molecular complexity index is 789. The molecule has 1 N–H and O–H groups in total. The SMILES string of the molecule is CC(C)(C)Cc1ccc(C(=O)O)cc1.COC(=O)c1ccc(CC(C)(C)C)cc1. The van der Waals surface area contributed by atoms with Gasteiger partial charge in [0.05, 0.1) is 18.2 Å². The Morgan fingerprint density at radius 3 is 1.34 bits per heavy atom. The van der Waals surface area contributed by atoms with Gasteiger partial charge in [0.1, 0.15) is 0 Å². The molecule has 0 unspecified atom stereocenters. The highest BCUT2D eigenvalue weighted by Crippen LogP contribution is 2.21. The van der Waals surface area contributed by atoms with Crippen LogP contribution in [0.1, 0.15) is 73.4 Å². The van der Waals surface area contributed by atoms with Crippen LogP contribution >= 0.6 is 0 Å². The summed E-state index contributed by atoms with van der Waals surface area (Å²) < 4.78 is 4.64. The molecule has 0 heterocycles. The van der Waals surface area contributed by atoms with Crippen molar-refractivity contribution >= 4 is 11.9 Å². The molecule has 0 radical (unpaired) electrons. The van der Waals surface area contributed by atoms with E-state index in [0.717, 1.165) is 12.8 Å². The first-order valence-corrected chi connectivity index (χ1v) is 9.80. The van der Waals surface area contributed by atoms with Gasteiger partial charge in [0.25, 0.3) is 0 Å². The molecule has 0 fully saturated rings. The van der Waals surface area contributed by atoms with E-state index in [1.54, 1.807) is 12.1 Å². The molecular formula is C25H34O4. The van der Waals surface area contributed by atoms with E-state index in [4.69, 9.17) is 5.11 Å². The highest BCUT2D eigenvalue weighted by molar-refractivity contribution is 5.89. The molecule has 0 saturated carbocycles. The van der Waals surface area contributed by atoms with Crippen LogP contribution in [0.25, 0.3) is 0 Å². The van der Waals surface area contributed by atoms with E-state index in [1.807, 2.05) is 36.4 Å². The molecule has 0 atom stereocenters. The Kier molecular flexibility index (Phi) is 8.62. The largest absolute Gasteiger partial charge is 0.478 e. The minimum atomic E-state index is -0.868. The topological polar surface area (TPSA) is 63.6 Å². The Morgan fingerprint density at radius 2 is 1.07 bits per heavy atom. The van der Waals surface area contributed by atoms with Crippen LogP contribution in [0.15, 0.2) is 48.5 Å². The first-order valence-electron chi connectivity index (χ1n) is 9.80. The number of hydrogen-bond acceptors (Lipinski definition) is 3. The number of rotatable bonds is 4. The van der Waals surface area contributed by atoms with Gasteiger partial charge < -0.3 is 9.84 Å². The van der Waals surface area contributed by atoms with E-state index in [9.17, 15) is 9.59 Å². The lowest BCUT2D eigenvalue weighted by Gasteiger charge is -2.17. The summed E-state index contributed by atoms with van der Waals surface area (Å²) in [5, 5.41) is 8.71. The van der Waals surface area contributed by atoms with Gasteiger partial charge >= 0.3 is 11.9 Å². The van der Waals surface area contributed by atoms with Crippen molar-refractivity contribution in [1.29, 1.82) is 0 Å². The fourth-order valence-corrected chi connectivity index (χ4v) is 2.87. The van der Waals surface area contributed by atoms with E-state index in [-0.39, 0.29) is 16.8 Å². The summed E-state index contributed by atoms with van der Waals surface area (Å²) in [6.07, 6.45) is 1.97. The molecule has 2 aromatic carbocycles. The molecule has 0 aliphatic heterocycles. The van der Waals surface area contributed by atoms with Crippen molar-refractivity contribution in [3.63, 3.8) is 0 Å². The fourth-order valence-electron chi connectivity index (χ4n) is 2.87. The Morgan fingerprint density at radius 1 is 0.724 bits per heavy atom. The summed E-state index contributed by atoms with van der Waals surface area (Å²) in [4.78, 5) is 21.8. The smallest absolute Gasteiger partial charge is 0.337 e. The van der Waals surface area contributed by atoms with Crippen LogP contribution in [-0.4, -0.2) is 24.2 Å². The van der Waals surface area contributed by atoms with Crippen molar-refractivity contribution in [3.05, 3.63) is 70.8 Å². The third-order valence-corrected chi connectivity index (χ3v) is 4.04. The Labute approximate surface area is 174 Å². The molecule has 0 spiro atoms. The number of ether oxygens (including phenoxy) is 1. The van der Waals surface area contributed by atoms with Crippen molar-refractivity contribution < 1.29 is 19.4 Å².